The molecule has 1 N–H and O–H groups in total. The van der Waals surface area contributed by atoms with Crippen LogP contribution in [0.2, 0.25) is 0 Å². The number of hydrogen-bond donors (Lipinski definition) is 1. The molecule has 1 atom stereocenters. The molecule has 14 heavy (non-hydrogen) atoms. The number of hydrogen-bond acceptors (Lipinski definition) is 1. The summed E-state index contributed by atoms with van der Waals surface area (Å²) in [4.78, 5) is 10.1. The van der Waals surface area contributed by atoms with Crippen LogP contribution in [-0.4, -0.2) is 6.41 Å². The van der Waals surface area contributed by atoms with E-state index in [4.69, 9.17) is 0 Å². The average molecular weight is 197 g/mol. The fraction of sp³-hybridized carbons (Fsp3) is 0.364. The predicted molar refractivity (Wildman–Crippen MR) is 55.4 cm³/mol. The van der Waals surface area contributed by atoms with E-state index in [2.05, 4.69) is 5.32 Å². The van der Waals surface area contributed by atoms with Crippen molar-refractivity contribution in [2.45, 2.75) is 26.8 Å². The second kappa shape index (κ2) is 7.06. The first-order valence-electron chi connectivity index (χ1n) is 4.69. The van der Waals surface area contributed by atoms with Gasteiger partial charge in [0, 0.05) is 0 Å². The van der Waals surface area contributed by atoms with Crippen LogP contribution >= 0.6 is 0 Å². The van der Waals surface area contributed by atoms with Crippen molar-refractivity contribution in [1.82, 2.24) is 5.32 Å². The third kappa shape index (κ3) is 4.03. The van der Waals surface area contributed by atoms with E-state index >= 15 is 0 Å². The largest absolute Gasteiger partial charge is 0.352 e. The number of halogens is 1. The van der Waals surface area contributed by atoms with Gasteiger partial charge in [-0.05, 0) is 24.6 Å². The Morgan fingerprint density at radius 2 is 1.79 bits per heavy atom. The van der Waals surface area contributed by atoms with E-state index in [-0.39, 0.29) is 11.9 Å². The number of nitrogens with one attached hydrogen (secondary N) is 1. The number of carbonyl (C=O) groups excluding carboxylic acids is 1. The summed E-state index contributed by atoms with van der Waals surface area (Å²) in [5, 5.41) is 2.58. The molecule has 1 amide bonds. The molecule has 0 saturated carbocycles. The number of amides is 1. The molecule has 0 aliphatic heterocycles. The van der Waals surface area contributed by atoms with Gasteiger partial charge in [-0.15, -0.1) is 0 Å². The topological polar surface area (TPSA) is 29.1 Å². The summed E-state index contributed by atoms with van der Waals surface area (Å²) >= 11 is 0. The summed E-state index contributed by atoms with van der Waals surface area (Å²) in [6, 6.07) is 5.98. The first-order valence-corrected chi connectivity index (χ1v) is 4.69. The van der Waals surface area contributed by atoms with Crippen molar-refractivity contribution in [3.8, 4) is 0 Å². The van der Waals surface area contributed by atoms with Crippen molar-refractivity contribution >= 4 is 6.41 Å². The standard InChI is InChI=1S/C9H10FNO.C2H6/c1-7(11-6-12)8-2-4-9(10)5-3-8;1-2/h2-7H,1H3,(H,11,12);1-2H3. The Morgan fingerprint density at radius 3 is 2.21 bits per heavy atom. The molecular formula is C11H16FNO. The van der Waals surface area contributed by atoms with Gasteiger partial charge in [0.2, 0.25) is 6.41 Å². The van der Waals surface area contributed by atoms with E-state index in [9.17, 15) is 9.18 Å². The lowest BCUT2D eigenvalue weighted by atomic mass is 10.1. The minimum Gasteiger partial charge on any atom is -0.352 e. The summed E-state index contributed by atoms with van der Waals surface area (Å²) in [6.07, 6.45) is 0.633. The van der Waals surface area contributed by atoms with Gasteiger partial charge in [-0.3, -0.25) is 4.79 Å². The van der Waals surface area contributed by atoms with Crippen LogP contribution in [-0.2, 0) is 4.79 Å². The highest BCUT2D eigenvalue weighted by molar-refractivity contribution is 5.47. The first-order chi connectivity index (χ1) is 6.74. The van der Waals surface area contributed by atoms with Crippen LogP contribution in [0.3, 0.4) is 0 Å². The lowest BCUT2D eigenvalue weighted by Gasteiger charge is -2.09. The zero-order chi connectivity index (χ0) is 11.0. The van der Waals surface area contributed by atoms with Gasteiger partial charge in [0.1, 0.15) is 5.82 Å². The van der Waals surface area contributed by atoms with Crippen LogP contribution in [0.15, 0.2) is 24.3 Å². The molecule has 1 aromatic rings. The Bertz CT molecular complexity index is 258. The van der Waals surface area contributed by atoms with Gasteiger partial charge in [0.15, 0.2) is 0 Å². The molecule has 2 nitrogen and oxygen atoms in total. The Kier molecular flexibility index (Phi) is 6.37. The van der Waals surface area contributed by atoms with Gasteiger partial charge < -0.3 is 5.32 Å². The van der Waals surface area contributed by atoms with Gasteiger partial charge in [0.05, 0.1) is 6.04 Å². The maximum atomic E-state index is 12.4. The monoisotopic (exact) mass is 197 g/mol. The van der Waals surface area contributed by atoms with E-state index in [1.165, 1.54) is 12.1 Å². The Morgan fingerprint density at radius 1 is 1.29 bits per heavy atom. The van der Waals surface area contributed by atoms with Crippen molar-refractivity contribution in [1.29, 1.82) is 0 Å². The summed E-state index contributed by atoms with van der Waals surface area (Å²) in [6.45, 7) is 5.83. The molecule has 1 unspecified atom stereocenters. The maximum absolute atomic E-state index is 12.4. The Labute approximate surface area is 84.1 Å². The van der Waals surface area contributed by atoms with Gasteiger partial charge in [-0.25, -0.2) is 4.39 Å². The Balaban J connectivity index is 0.000000791. The average Bonchev–Trinajstić information content (AvgIpc) is 2.22. The summed E-state index contributed by atoms with van der Waals surface area (Å²) < 4.78 is 12.4. The zero-order valence-corrected chi connectivity index (χ0v) is 8.75. The predicted octanol–water partition coefficient (Wildman–Crippen LogP) is 2.66. The molecule has 0 saturated heterocycles. The second-order valence-corrected chi connectivity index (χ2v) is 2.56. The number of rotatable bonds is 3. The van der Waals surface area contributed by atoms with Crippen molar-refractivity contribution in [3.63, 3.8) is 0 Å². The summed E-state index contributed by atoms with van der Waals surface area (Å²) in [5.74, 6) is -0.267. The van der Waals surface area contributed by atoms with Gasteiger partial charge >= 0.3 is 0 Å². The minimum absolute atomic E-state index is 0.0666. The summed E-state index contributed by atoms with van der Waals surface area (Å²) in [7, 11) is 0. The molecule has 0 aromatic heterocycles. The van der Waals surface area contributed by atoms with Crippen LogP contribution in [0.25, 0.3) is 0 Å². The van der Waals surface area contributed by atoms with Gasteiger partial charge in [0.25, 0.3) is 0 Å². The quantitative estimate of drug-likeness (QED) is 0.741. The SMILES string of the molecule is CC.CC(NC=O)c1ccc(F)cc1. The molecule has 3 heteroatoms. The lowest BCUT2D eigenvalue weighted by molar-refractivity contribution is -0.110. The van der Waals surface area contributed by atoms with E-state index in [1.807, 2.05) is 20.8 Å². The highest BCUT2D eigenvalue weighted by Crippen LogP contribution is 2.11. The van der Waals surface area contributed by atoms with Crippen molar-refractivity contribution < 1.29 is 9.18 Å². The molecule has 1 rings (SSSR count). The molecule has 0 spiro atoms. The van der Waals surface area contributed by atoms with Gasteiger partial charge in [-0.1, -0.05) is 26.0 Å². The fourth-order valence-electron chi connectivity index (χ4n) is 0.950. The van der Waals surface area contributed by atoms with Crippen LogP contribution in [0, 0.1) is 5.82 Å². The molecule has 1 aromatic carbocycles. The molecule has 0 radical (unpaired) electrons. The van der Waals surface area contributed by atoms with Gasteiger partial charge in [-0.2, -0.15) is 0 Å². The third-order valence-corrected chi connectivity index (χ3v) is 1.69. The van der Waals surface area contributed by atoms with E-state index in [1.54, 1.807) is 12.1 Å². The maximum Gasteiger partial charge on any atom is 0.207 e. The van der Waals surface area contributed by atoms with Crippen LogP contribution in [0.4, 0.5) is 4.39 Å². The minimum atomic E-state index is -0.267. The number of carbonyl (C=O) groups is 1. The molecule has 0 aliphatic carbocycles. The first kappa shape index (κ1) is 12.6. The van der Waals surface area contributed by atoms with E-state index in [0.717, 1.165) is 5.56 Å². The second-order valence-electron chi connectivity index (χ2n) is 2.56. The molecule has 78 valence electrons. The van der Waals surface area contributed by atoms with E-state index in [0.29, 0.717) is 6.41 Å². The Hall–Kier alpha value is -1.38. The molecular weight excluding hydrogens is 181 g/mol. The molecule has 0 fully saturated rings. The lowest BCUT2D eigenvalue weighted by Crippen LogP contribution is -2.15. The summed E-state index contributed by atoms with van der Waals surface area (Å²) in [5.41, 5.74) is 0.892. The van der Waals surface area contributed by atoms with Crippen molar-refractivity contribution in [2.24, 2.45) is 0 Å². The smallest absolute Gasteiger partial charge is 0.207 e. The molecule has 0 bridgehead atoms. The van der Waals surface area contributed by atoms with Crippen LogP contribution in [0.1, 0.15) is 32.4 Å². The normalized spacial score (nSPS) is 10.9. The number of benzene rings is 1. The van der Waals surface area contributed by atoms with Crippen molar-refractivity contribution in [2.75, 3.05) is 0 Å². The van der Waals surface area contributed by atoms with Crippen LogP contribution in [0.5, 0.6) is 0 Å². The highest BCUT2D eigenvalue weighted by atomic mass is 19.1. The highest BCUT2D eigenvalue weighted by Gasteiger charge is 2.02. The van der Waals surface area contributed by atoms with Crippen molar-refractivity contribution in [3.05, 3.63) is 35.6 Å². The van der Waals surface area contributed by atoms with E-state index < -0.39 is 0 Å². The van der Waals surface area contributed by atoms with Crippen LogP contribution < -0.4 is 5.32 Å². The zero-order valence-electron chi connectivity index (χ0n) is 8.75. The fourth-order valence-corrected chi connectivity index (χ4v) is 0.950. The molecule has 0 heterocycles. The third-order valence-electron chi connectivity index (χ3n) is 1.69. The molecule has 0 aliphatic rings.